The number of benzene rings is 2. The Morgan fingerprint density at radius 1 is 1.07 bits per heavy atom. The first kappa shape index (κ1) is 18.0. The Bertz CT molecular complexity index is 1030. The Morgan fingerprint density at radius 3 is 2.57 bits per heavy atom. The van der Waals surface area contributed by atoms with Crippen LogP contribution in [0.15, 0.2) is 65.8 Å². The Balaban J connectivity index is 1.56. The minimum absolute atomic E-state index is 0.283. The zero-order valence-electron chi connectivity index (χ0n) is 15.7. The molecule has 0 amide bonds. The van der Waals surface area contributed by atoms with E-state index in [-0.39, 0.29) is 5.71 Å². The van der Waals surface area contributed by atoms with Gasteiger partial charge in [-0.25, -0.2) is 4.98 Å². The third-order valence-corrected chi connectivity index (χ3v) is 4.80. The number of para-hydroxylation sites is 1. The summed E-state index contributed by atoms with van der Waals surface area (Å²) in [5.74, 6) is 0. The third-order valence-electron chi connectivity index (χ3n) is 4.80. The summed E-state index contributed by atoms with van der Waals surface area (Å²) in [5.41, 5.74) is 3.77. The first-order valence-corrected chi connectivity index (χ1v) is 9.26. The molecule has 4 rings (SSSR count). The first-order valence-electron chi connectivity index (χ1n) is 9.26. The quantitative estimate of drug-likeness (QED) is 0.519. The van der Waals surface area contributed by atoms with Crippen LogP contribution >= 0.6 is 0 Å². The monoisotopic (exact) mass is 371 g/mol. The highest BCUT2D eigenvalue weighted by atomic mass is 16.5. The lowest BCUT2D eigenvalue weighted by Crippen LogP contribution is -2.36. The largest absolute Gasteiger partial charge is 0.378 e. The molecule has 6 heteroatoms. The number of hydrogen-bond acceptors (Lipinski definition) is 6. The van der Waals surface area contributed by atoms with Crippen molar-refractivity contribution in [2.45, 2.75) is 0 Å². The molecule has 0 spiro atoms. The molecule has 0 atom stereocenters. The summed E-state index contributed by atoms with van der Waals surface area (Å²) in [6.45, 7) is 3.32. The van der Waals surface area contributed by atoms with Gasteiger partial charge < -0.3 is 9.64 Å². The second-order valence-electron chi connectivity index (χ2n) is 6.59. The minimum atomic E-state index is 0.283. The van der Waals surface area contributed by atoms with Gasteiger partial charge in [-0.2, -0.15) is 10.4 Å². The Labute approximate surface area is 164 Å². The summed E-state index contributed by atoms with van der Waals surface area (Å²) in [6, 6.07) is 22.0. The van der Waals surface area contributed by atoms with Crippen molar-refractivity contribution in [1.29, 1.82) is 5.26 Å². The molecule has 0 unspecified atom stereocenters. The van der Waals surface area contributed by atoms with Crippen molar-refractivity contribution in [3.63, 3.8) is 0 Å². The molecule has 28 heavy (non-hydrogen) atoms. The minimum Gasteiger partial charge on any atom is -0.378 e. The third kappa shape index (κ3) is 3.80. The molecule has 0 bridgehead atoms. The standard InChI is InChI=1S/C22H21N5O/c1-26(18-7-9-19(10-8-18)27-12-14-28-15-13-27)25-22(16-23)21-11-6-17-4-2-3-5-20(17)24-21/h2-11H,12-15H2,1H3/b25-22-. The zero-order chi connectivity index (χ0) is 19.3. The van der Waals surface area contributed by atoms with Gasteiger partial charge >= 0.3 is 0 Å². The topological polar surface area (TPSA) is 64.8 Å². The molecule has 2 heterocycles. The lowest BCUT2D eigenvalue weighted by molar-refractivity contribution is 0.122. The number of ether oxygens (including phenoxy) is 1. The fourth-order valence-electron chi connectivity index (χ4n) is 3.24. The number of pyridine rings is 1. The molecule has 1 aliphatic rings. The summed E-state index contributed by atoms with van der Waals surface area (Å²) in [5, 5.41) is 16.8. The maximum absolute atomic E-state index is 9.60. The summed E-state index contributed by atoms with van der Waals surface area (Å²) < 4.78 is 5.40. The number of rotatable bonds is 4. The van der Waals surface area contributed by atoms with E-state index in [0.717, 1.165) is 42.9 Å². The number of hydrazone groups is 1. The van der Waals surface area contributed by atoms with Crippen molar-refractivity contribution >= 4 is 28.0 Å². The van der Waals surface area contributed by atoms with Crippen LogP contribution in [-0.4, -0.2) is 44.0 Å². The smallest absolute Gasteiger partial charge is 0.186 e. The van der Waals surface area contributed by atoms with E-state index in [1.807, 2.05) is 55.6 Å². The van der Waals surface area contributed by atoms with E-state index in [4.69, 9.17) is 4.74 Å². The van der Waals surface area contributed by atoms with Crippen LogP contribution in [0.25, 0.3) is 10.9 Å². The van der Waals surface area contributed by atoms with E-state index in [1.54, 1.807) is 5.01 Å². The number of anilines is 2. The van der Waals surface area contributed by atoms with Gasteiger partial charge in [0.05, 0.1) is 24.4 Å². The number of aromatic nitrogens is 1. The zero-order valence-corrected chi connectivity index (χ0v) is 15.7. The van der Waals surface area contributed by atoms with E-state index < -0.39 is 0 Å². The van der Waals surface area contributed by atoms with Crippen LogP contribution in [0, 0.1) is 11.3 Å². The van der Waals surface area contributed by atoms with Gasteiger partial charge in [0.25, 0.3) is 0 Å². The maximum atomic E-state index is 9.60. The van der Waals surface area contributed by atoms with Crippen LogP contribution in [0.3, 0.4) is 0 Å². The van der Waals surface area contributed by atoms with Gasteiger partial charge in [-0.3, -0.25) is 5.01 Å². The summed E-state index contributed by atoms with van der Waals surface area (Å²) in [4.78, 5) is 6.87. The molecule has 1 aliphatic heterocycles. The number of hydrogen-bond donors (Lipinski definition) is 0. The molecule has 0 aliphatic carbocycles. The van der Waals surface area contributed by atoms with Gasteiger partial charge in [0, 0.05) is 31.2 Å². The average molecular weight is 371 g/mol. The molecule has 1 aromatic heterocycles. The molecule has 3 aromatic rings. The van der Waals surface area contributed by atoms with E-state index in [0.29, 0.717) is 5.69 Å². The van der Waals surface area contributed by atoms with Crippen molar-refractivity contribution in [2.75, 3.05) is 43.3 Å². The highest BCUT2D eigenvalue weighted by Gasteiger charge is 2.12. The molecular formula is C22H21N5O. The second kappa shape index (κ2) is 8.07. The number of morpholine rings is 1. The van der Waals surface area contributed by atoms with Gasteiger partial charge in [0.15, 0.2) is 5.71 Å². The van der Waals surface area contributed by atoms with E-state index in [1.165, 1.54) is 5.69 Å². The first-order chi connectivity index (χ1) is 13.7. The van der Waals surface area contributed by atoms with Crippen LogP contribution < -0.4 is 9.91 Å². The van der Waals surface area contributed by atoms with Crippen LogP contribution in [0.1, 0.15) is 5.69 Å². The van der Waals surface area contributed by atoms with Crippen LogP contribution in [0.5, 0.6) is 0 Å². The molecule has 140 valence electrons. The molecular weight excluding hydrogens is 350 g/mol. The SMILES string of the molecule is CN(/N=C(/C#N)c1ccc2ccccc2n1)c1ccc(N2CCOCC2)cc1. The van der Waals surface area contributed by atoms with Crippen molar-refractivity contribution in [2.24, 2.45) is 5.10 Å². The van der Waals surface area contributed by atoms with Gasteiger partial charge in [0.2, 0.25) is 0 Å². The van der Waals surface area contributed by atoms with Crippen LogP contribution in [-0.2, 0) is 4.74 Å². The summed E-state index contributed by atoms with van der Waals surface area (Å²) in [7, 11) is 1.84. The molecule has 0 saturated carbocycles. The van der Waals surface area contributed by atoms with Gasteiger partial charge in [-0.15, -0.1) is 0 Å². The van der Waals surface area contributed by atoms with Gasteiger partial charge in [-0.05, 0) is 36.4 Å². The second-order valence-corrected chi connectivity index (χ2v) is 6.59. The number of nitriles is 1. The highest BCUT2D eigenvalue weighted by Crippen LogP contribution is 2.21. The molecule has 0 N–H and O–H groups in total. The maximum Gasteiger partial charge on any atom is 0.186 e. The molecule has 6 nitrogen and oxygen atoms in total. The summed E-state index contributed by atoms with van der Waals surface area (Å²) >= 11 is 0. The average Bonchev–Trinajstić information content (AvgIpc) is 2.77. The number of nitrogens with zero attached hydrogens (tertiary/aromatic N) is 5. The van der Waals surface area contributed by atoms with Gasteiger partial charge in [0.1, 0.15) is 11.8 Å². The molecule has 1 saturated heterocycles. The van der Waals surface area contributed by atoms with E-state index in [9.17, 15) is 5.26 Å². The Hall–Kier alpha value is -3.43. The van der Waals surface area contributed by atoms with E-state index >= 15 is 0 Å². The van der Waals surface area contributed by atoms with Gasteiger partial charge in [-0.1, -0.05) is 24.3 Å². The Kier molecular flexibility index (Phi) is 5.18. The fraction of sp³-hybridized carbons (Fsp3) is 0.227. The highest BCUT2D eigenvalue weighted by molar-refractivity contribution is 6.11. The van der Waals surface area contributed by atoms with Crippen molar-refractivity contribution < 1.29 is 4.74 Å². The van der Waals surface area contributed by atoms with E-state index in [2.05, 4.69) is 33.2 Å². The molecule has 0 radical (unpaired) electrons. The summed E-state index contributed by atoms with van der Waals surface area (Å²) in [6.07, 6.45) is 0. The fourth-order valence-corrected chi connectivity index (χ4v) is 3.24. The lowest BCUT2D eigenvalue weighted by atomic mass is 10.2. The number of fused-ring (bicyclic) bond motifs is 1. The predicted molar refractivity (Wildman–Crippen MR) is 112 cm³/mol. The van der Waals surface area contributed by atoms with Crippen molar-refractivity contribution in [3.05, 3.63) is 66.4 Å². The van der Waals surface area contributed by atoms with Crippen molar-refractivity contribution in [3.8, 4) is 6.07 Å². The van der Waals surface area contributed by atoms with Crippen LogP contribution in [0.2, 0.25) is 0 Å². The molecule has 1 fully saturated rings. The van der Waals surface area contributed by atoms with Crippen LogP contribution in [0.4, 0.5) is 11.4 Å². The normalized spacial score (nSPS) is 14.7. The molecule has 2 aromatic carbocycles. The lowest BCUT2D eigenvalue weighted by Gasteiger charge is -2.29. The predicted octanol–water partition coefficient (Wildman–Crippen LogP) is 3.44. The van der Waals surface area contributed by atoms with Crippen molar-refractivity contribution in [1.82, 2.24) is 4.98 Å². The Morgan fingerprint density at radius 2 is 1.82 bits per heavy atom.